The first-order valence-corrected chi connectivity index (χ1v) is 7.92. The average molecular weight is 330 g/mol. The summed E-state index contributed by atoms with van der Waals surface area (Å²) < 4.78 is 5.71. The van der Waals surface area contributed by atoms with Crippen LogP contribution in [-0.4, -0.2) is 6.03 Å². The number of hydrogen-bond acceptors (Lipinski definition) is 2. The highest BCUT2D eigenvalue weighted by Crippen LogP contribution is 2.22. The number of nitrogens with one attached hydrogen (secondary N) is 2. The second-order valence-electron chi connectivity index (χ2n) is 5.28. The first-order chi connectivity index (χ1) is 12.3. The maximum Gasteiger partial charge on any atom is 0.323 e. The molecule has 0 unspecified atom stereocenters. The van der Waals surface area contributed by atoms with E-state index >= 15 is 0 Å². The van der Waals surface area contributed by atoms with Gasteiger partial charge >= 0.3 is 6.03 Å². The van der Waals surface area contributed by atoms with E-state index in [1.165, 1.54) is 0 Å². The number of ether oxygens (including phenoxy) is 1. The van der Waals surface area contributed by atoms with Crippen molar-refractivity contribution in [2.45, 2.75) is 0 Å². The summed E-state index contributed by atoms with van der Waals surface area (Å²) in [5, 5.41) is 5.43. The molecular weight excluding hydrogens is 312 g/mol. The molecule has 0 aliphatic rings. The predicted molar refractivity (Wildman–Crippen MR) is 101 cm³/mol. The molecule has 0 saturated heterocycles. The zero-order valence-corrected chi connectivity index (χ0v) is 13.6. The number of carbonyl (C=O) groups excluding carboxylic acids is 1. The fraction of sp³-hybridized carbons (Fsp3) is 0. The number of anilines is 1. The van der Waals surface area contributed by atoms with E-state index in [0.29, 0.717) is 11.4 Å². The van der Waals surface area contributed by atoms with Crippen molar-refractivity contribution in [3.05, 3.63) is 96.7 Å². The van der Waals surface area contributed by atoms with Crippen LogP contribution < -0.4 is 15.4 Å². The molecule has 0 aromatic heterocycles. The first-order valence-electron chi connectivity index (χ1n) is 7.92. The standard InChI is InChI=1S/C21H18N2O2/c24-21(22-16-15-17-7-3-1-4-8-17)23-18-11-13-20(14-12-18)25-19-9-5-2-6-10-19/h1-16H,(H2,22,23,24)/b16-15+. The second-order valence-corrected chi connectivity index (χ2v) is 5.28. The number of urea groups is 1. The maximum atomic E-state index is 11.9. The molecule has 0 aliphatic carbocycles. The number of amides is 2. The van der Waals surface area contributed by atoms with Gasteiger partial charge in [-0.25, -0.2) is 4.79 Å². The molecular formula is C21H18N2O2. The van der Waals surface area contributed by atoms with Crippen molar-refractivity contribution in [3.8, 4) is 11.5 Å². The van der Waals surface area contributed by atoms with Gasteiger partial charge in [0.2, 0.25) is 0 Å². The van der Waals surface area contributed by atoms with Gasteiger partial charge in [0.15, 0.2) is 0 Å². The lowest BCUT2D eigenvalue weighted by atomic mass is 10.2. The number of benzene rings is 3. The molecule has 0 spiro atoms. The van der Waals surface area contributed by atoms with Gasteiger partial charge in [0.25, 0.3) is 0 Å². The molecule has 3 aromatic rings. The molecule has 0 bridgehead atoms. The molecule has 3 rings (SSSR count). The molecule has 3 aromatic carbocycles. The molecule has 4 nitrogen and oxygen atoms in total. The largest absolute Gasteiger partial charge is 0.457 e. The monoisotopic (exact) mass is 330 g/mol. The van der Waals surface area contributed by atoms with E-state index < -0.39 is 0 Å². The molecule has 0 fully saturated rings. The van der Waals surface area contributed by atoms with Crippen LogP contribution in [0.15, 0.2) is 91.1 Å². The number of hydrogen-bond donors (Lipinski definition) is 2. The molecule has 4 heteroatoms. The summed E-state index contributed by atoms with van der Waals surface area (Å²) in [7, 11) is 0. The van der Waals surface area contributed by atoms with Gasteiger partial charge in [-0.2, -0.15) is 0 Å². The van der Waals surface area contributed by atoms with Crippen LogP contribution in [0.1, 0.15) is 5.56 Å². The average Bonchev–Trinajstić information content (AvgIpc) is 2.65. The Hall–Kier alpha value is -3.53. The van der Waals surface area contributed by atoms with Crippen LogP contribution in [0.25, 0.3) is 6.08 Å². The third-order valence-corrected chi connectivity index (χ3v) is 3.38. The van der Waals surface area contributed by atoms with Crippen LogP contribution in [0.3, 0.4) is 0 Å². The summed E-state index contributed by atoms with van der Waals surface area (Å²) in [6.07, 6.45) is 3.44. The fourth-order valence-electron chi connectivity index (χ4n) is 2.18. The molecule has 0 radical (unpaired) electrons. The van der Waals surface area contributed by atoms with E-state index in [9.17, 15) is 4.79 Å². The third kappa shape index (κ3) is 5.25. The fourth-order valence-corrected chi connectivity index (χ4v) is 2.18. The van der Waals surface area contributed by atoms with Crippen molar-refractivity contribution >= 4 is 17.8 Å². The Morgan fingerprint density at radius 1 is 0.760 bits per heavy atom. The van der Waals surface area contributed by atoms with Gasteiger partial charge < -0.3 is 15.4 Å². The minimum atomic E-state index is -0.302. The van der Waals surface area contributed by atoms with Crippen LogP contribution >= 0.6 is 0 Å². The lowest BCUT2D eigenvalue weighted by Crippen LogP contribution is -2.23. The molecule has 0 aliphatic heterocycles. The van der Waals surface area contributed by atoms with Crippen molar-refractivity contribution < 1.29 is 9.53 Å². The molecule has 124 valence electrons. The van der Waals surface area contributed by atoms with Crippen molar-refractivity contribution in [2.24, 2.45) is 0 Å². The van der Waals surface area contributed by atoms with E-state index in [1.54, 1.807) is 18.3 Å². The third-order valence-electron chi connectivity index (χ3n) is 3.38. The Balaban J connectivity index is 1.51. The van der Waals surface area contributed by atoms with Crippen LogP contribution in [0, 0.1) is 0 Å². The Kier molecular flexibility index (Phi) is 5.46. The molecule has 2 N–H and O–H groups in total. The van der Waals surface area contributed by atoms with Crippen LogP contribution in [0.4, 0.5) is 10.5 Å². The summed E-state index contributed by atoms with van der Waals surface area (Å²) in [4.78, 5) is 11.9. The van der Waals surface area contributed by atoms with Gasteiger partial charge in [-0.05, 0) is 48.0 Å². The number of para-hydroxylation sites is 1. The van der Waals surface area contributed by atoms with Crippen molar-refractivity contribution in [2.75, 3.05) is 5.32 Å². The topological polar surface area (TPSA) is 50.4 Å². The maximum absolute atomic E-state index is 11.9. The Morgan fingerprint density at radius 2 is 1.36 bits per heavy atom. The molecule has 25 heavy (non-hydrogen) atoms. The minimum absolute atomic E-state index is 0.302. The van der Waals surface area contributed by atoms with Gasteiger partial charge in [-0.1, -0.05) is 48.5 Å². The van der Waals surface area contributed by atoms with E-state index in [1.807, 2.05) is 78.9 Å². The zero-order valence-electron chi connectivity index (χ0n) is 13.6. The SMILES string of the molecule is O=C(N/C=C/c1ccccc1)Nc1ccc(Oc2ccccc2)cc1. The van der Waals surface area contributed by atoms with Gasteiger partial charge in [-0.3, -0.25) is 0 Å². The van der Waals surface area contributed by atoms with Crippen LogP contribution in [0.5, 0.6) is 11.5 Å². The van der Waals surface area contributed by atoms with Gasteiger partial charge in [0, 0.05) is 11.9 Å². The van der Waals surface area contributed by atoms with Gasteiger partial charge in [0.1, 0.15) is 11.5 Å². The Labute approximate surface area is 146 Å². The van der Waals surface area contributed by atoms with E-state index in [-0.39, 0.29) is 6.03 Å². The summed E-state index contributed by atoms with van der Waals surface area (Å²) in [5.74, 6) is 1.48. The highest BCUT2D eigenvalue weighted by molar-refractivity contribution is 5.90. The van der Waals surface area contributed by atoms with Crippen molar-refractivity contribution in [3.63, 3.8) is 0 Å². The van der Waals surface area contributed by atoms with Gasteiger partial charge in [-0.15, -0.1) is 0 Å². The Bertz CT molecular complexity index is 829. The number of rotatable bonds is 5. The molecule has 0 saturated carbocycles. The highest BCUT2D eigenvalue weighted by Gasteiger charge is 2.01. The van der Waals surface area contributed by atoms with E-state index in [2.05, 4.69) is 10.6 Å². The normalized spacial score (nSPS) is 10.4. The van der Waals surface area contributed by atoms with Crippen LogP contribution in [-0.2, 0) is 0 Å². The predicted octanol–water partition coefficient (Wildman–Crippen LogP) is 5.27. The molecule has 0 atom stereocenters. The summed E-state index contributed by atoms with van der Waals surface area (Å²) in [6.45, 7) is 0. The smallest absolute Gasteiger partial charge is 0.323 e. The van der Waals surface area contributed by atoms with Crippen molar-refractivity contribution in [1.29, 1.82) is 0 Å². The summed E-state index contributed by atoms with van der Waals surface area (Å²) >= 11 is 0. The molecule has 2 amide bonds. The second kappa shape index (κ2) is 8.36. The van der Waals surface area contributed by atoms with Crippen LogP contribution in [0.2, 0.25) is 0 Å². The van der Waals surface area contributed by atoms with Gasteiger partial charge in [0.05, 0.1) is 0 Å². The summed E-state index contributed by atoms with van der Waals surface area (Å²) in [6, 6.07) is 26.2. The highest BCUT2D eigenvalue weighted by atomic mass is 16.5. The first kappa shape index (κ1) is 16.3. The Morgan fingerprint density at radius 3 is 2.04 bits per heavy atom. The zero-order chi connectivity index (χ0) is 17.3. The number of carbonyl (C=O) groups is 1. The lowest BCUT2D eigenvalue weighted by molar-refractivity contribution is 0.255. The van der Waals surface area contributed by atoms with E-state index in [4.69, 9.17) is 4.74 Å². The quantitative estimate of drug-likeness (QED) is 0.669. The summed E-state index contributed by atoms with van der Waals surface area (Å²) in [5.41, 5.74) is 1.70. The van der Waals surface area contributed by atoms with E-state index in [0.717, 1.165) is 11.3 Å². The molecule has 0 heterocycles. The minimum Gasteiger partial charge on any atom is -0.457 e. The lowest BCUT2D eigenvalue weighted by Gasteiger charge is -2.08. The van der Waals surface area contributed by atoms with Crippen molar-refractivity contribution in [1.82, 2.24) is 5.32 Å².